The van der Waals surface area contributed by atoms with E-state index in [0.29, 0.717) is 31.9 Å². The number of ether oxygens (including phenoxy) is 2. The van der Waals surface area contributed by atoms with Gasteiger partial charge in [0.2, 0.25) is 0 Å². The molecule has 116 valence electrons. The van der Waals surface area contributed by atoms with Crippen molar-refractivity contribution < 1.29 is 24.2 Å². The van der Waals surface area contributed by atoms with Gasteiger partial charge in [-0.25, -0.2) is 4.79 Å². The van der Waals surface area contributed by atoms with Gasteiger partial charge in [-0.2, -0.15) is 0 Å². The van der Waals surface area contributed by atoms with E-state index in [1.54, 1.807) is 19.1 Å². The number of aromatic carboxylic acids is 1. The maximum atomic E-state index is 12.4. The van der Waals surface area contributed by atoms with Crippen LogP contribution in [0.3, 0.4) is 0 Å². The number of carboxylic acid groups (broad SMARTS) is 1. The van der Waals surface area contributed by atoms with Gasteiger partial charge < -0.3 is 19.5 Å². The number of benzene rings is 1. The van der Waals surface area contributed by atoms with Gasteiger partial charge in [0.15, 0.2) is 0 Å². The number of carbonyl (C=O) groups is 2. The summed E-state index contributed by atoms with van der Waals surface area (Å²) >= 11 is 0. The Hall–Kier alpha value is -1.92. The first kappa shape index (κ1) is 17.1. The van der Waals surface area contributed by atoms with Crippen molar-refractivity contribution >= 4 is 11.9 Å². The molecule has 0 aliphatic carbocycles. The first-order valence-electron chi connectivity index (χ1n) is 6.70. The zero-order valence-electron chi connectivity index (χ0n) is 12.4. The summed E-state index contributed by atoms with van der Waals surface area (Å²) in [5.74, 6) is -1.15. The van der Waals surface area contributed by atoms with Crippen molar-refractivity contribution in [3.63, 3.8) is 0 Å². The number of hydrogen-bond acceptors (Lipinski definition) is 4. The van der Waals surface area contributed by atoms with Crippen LogP contribution < -0.4 is 0 Å². The Labute approximate surface area is 124 Å². The maximum Gasteiger partial charge on any atom is 0.335 e. The van der Waals surface area contributed by atoms with Crippen LogP contribution in [-0.4, -0.2) is 62.4 Å². The van der Waals surface area contributed by atoms with Crippen molar-refractivity contribution in [1.29, 1.82) is 0 Å². The highest BCUT2D eigenvalue weighted by Crippen LogP contribution is 2.09. The molecule has 1 rings (SSSR count). The first-order valence-corrected chi connectivity index (χ1v) is 6.70. The average molecular weight is 295 g/mol. The average Bonchev–Trinajstić information content (AvgIpc) is 2.50. The van der Waals surface area contributed by atoms with E-state index in [2.05, 4.69) is 0 Å². The summed E-state index contributed by atoms with van der Waals surface area (Å²) in [6.45, 7) is 2.08. The van der Waals surface area contributed by atoms with Crippen LogP contribution >= 0.6 is 0 Å². The lowest BCUT2D eigenvalue weighted by Crippen LogP contribution is -2.35. The summed E-state index contributed by atoms with van der Waals surface area (Å²) in [6, 6.07) is 5.92. The number of hydrogen-bond donors (Lipinski definition) is 1. The van der Waals surface area contributed by atoms with E-state index in [0.717, 1.165) is 6.42 Å². The van der Waals surface area contributed by atoms with Crippen LogP contribution in [0.2, 0.25) is 0 Å². The van der Waals surface area contributed by atoms with E-state index in [4.69, 9.17) is 14.6 Å². The third-order valence-electron chi connectivity index (χ3n) is 3.01. The van der Waals surface area contributed by atoms with E-state index in [1.165, 1.54) is 24.3 Å². The molecule has 0 heterocycles. The minimum atomic E-state index is -1.01. The number of rotatable bonds is 9. The minimum Gasteiger partial charge on any atom is -0.478 e. The van der Waals surface area contributed by atoms with Crippen LogP contribution in [-0.2, 0) is 9.47 Å². The van der Waals surface area contributed by atoms with E-state index < -0.39 is 5.97 Å². The van der Waals surface area contributed by atoms with Crippen molar-refractivity contribution in [3.05, 3.63) is 35.4 Å². The number of amides is 1. The van der Waals surface area contributed by atoms with Gasteiger partial charge in [-0.15, -0.1) is 0 Å². The first-order chi connectivity index (χ1) is 10.1. The smallest absolute Gasteiger partial charge is 0.335 e. The van der Waals surface area contributed by atoms with Crippen LogP contribution in [0.1, 0.15) is 27.1 Å². The molecule has 0 saturated carbocycles. The molecule has 0 unspecified atom stereocenters. The lowest BCUT2D eigenvalue weighted by molar-refractivity contribution is 0.0668. The second kappa shape index (κ2) is 9.10. The predicted molar refractivity (Wildman–Crippen MR) is 77.7 cm³/mol. The summed E-state index contributed by atoms with van der Waals surface area (Å²) in [5.41, 5.74) is 0.628. The number of methoxy groups -OCH3 is 2. The van der Waals surface area contributed by atoms with Gasteiger partial charge in [-0.05, 0) is 30.7 Å². The van der Waals surface area contributed by atoms with Gasteiger partial charge in [-0.1, -0.05) is 0 Å². The van der Waals surface area contributed by atoms with Crippen molar-refractivity contribution in [3.8, 4) is 0 Å². The number of carboxylic acids is 1. The van der Waals surface area contributed by atoms with Crippen LogP contribution in [0.5, 0.6) is 0 Å². The van der Waals surface area contributed by atoms with Gasteiger partial charge in [-0.3, -0.25) is 4.79 Å². The van der Waals surface area contributed by atoms with Gasteiger partial charge in [0, 0.05) is 39.5 Å². The fourth-order valence-electron chi connectivity index (χ4n) is 1.85. The van der Waals surface area contributed by atoms with Crippen LogP contribution in [0.25, 0.3) is 0 Å². The molecule has 0 radical (unpaired) electrons. The monoisotopic (exact) mass is 295 g/mol. The maximum absolute atomic E-state index is 12.4. The minimum absolute atomic E-state index is 0.139. The Bertz CT molecular complexity index is 458. The molecule has 1 N–H and O–H groups in total. The highest BCUT2D eigenvalue weighted by Gasteiger charge is 2.15. The van der Waals surface area contributed by atoms with Gasteiger partial charge in [0.05, 0.1) is 12.2 Å². The van der Waals surface area contributed by atoms with Crippen LogP contribution in [0.4, 0.5) is 0 Å². The SMILES string of the molecule is COCCCN(CCOC)C(=O)c1ccc(C(=O)O)cc1. The Morgan fingerprint density at radius 3 is 2.10 bits per heavy atom. The Balaban J connectivity index is 2.75. The normalized spacial score (nSPS) is 10.4. The van der Waals surface area contributed by atoms with Crippen molar-refractivity contribution in [2.45, 2.75) is 6.42 Å². The number of carbonyl (C=O) groups excluding carboxylic acids is 1. The van der Waals surface area contributed by atoms with E-state index in [9.17, 15) is 9.59 Å². The van der Waals surface area contributed by atoms with Crippen molar-refractivity contribution in [1.82, 2.24) is 4.90 Å². The molecule has 21 heavy (non-hydrogen) atoms. The molecule has 6 nitrogen and oxygen atoms in total. The molecule has 1 aromatic rings. The largest absolute Gasteiger partial charge is 0.478 e. The zero-order valence-corrected chi connectivity index (χ0v) is 12.4. The second-order valence-corrected chi connectivity index (χ2v) is 4.51. The van der Waals surface area contributed by atoms with Crippen molar-refractivity contribution in [2.24, 2.45) is 0 Å². The molecule has 0 aliphatic heterocycles. The van der Waals surface area contributed by atoms with E-state index in [1.807, 2.05) is 0 Å². The predicted octanol–water partition coefficient (Wildman–Crippen LogP) is 1.51. The summed E-state index contributed by atoms with van der Waals surface area (Å²) < 4.78 is 10.0. The molecule has 0 atom stereocenters. The zero-order chi connectivity index (χ0) is 15.7. The fraction of sp³-hybridized carbons (Fsp3) is 0.467. The highest BCUT2D eigenvalue weighted by molar-refractivity contribution is 5.95. The highest BCUT2D eigenvalue weighted by atomic mass is 16.5. The van der Waals surface area contributed by atoms with Gasteiger partial charge in [0.1, 0.15) is 0 Å². The topological polar surface area (TPSA) is 76.1 Å². The molecule has 0 spiro atoms. The van der Waals surface area contributed by atoms with Crippen molar-refractivity contribution in [2.75, 3.05) is 40.5 Å². The molecule has 0 fully saturated rings. The molecular weight excluding hydrogens is 274 g/mol. The lowest BCUT2D eigenvalue weighted by atomic mass is 10.1. The van der Waals surface area contributed by atoms with Crippen LogP contribution in [0.15, 0.2) is 24.3 Å². The Morgan fingerprint density at radius 2 is 1.57 bits per heavy atom. The molecule has 6 heteroatoms. The molecule has 0 saturated heterocycles. The van der Waals surface area contributed by atoms with E-state index >= 15 is 0 Å². The number of nitrogens with zero attached hydrogens (tertiary/aromatic N) is 1. The Morgan fingerprint density at radius 1 is 1.00 bits per heavy atom. The lowest BCUT2D eigenvalue weighted by Gasteiger charge is -2.22. The summed E-state index contributed by atoms with van der Waals surface area (Å²) in [5, 5.41) is 8.86. The molecule has 0 bridgehead atoms. The standard InChI is InChI=1S/C15H21NO5/c1-20-10-3-8-16(9-11-21-2)14(17)12-4-6-13(7-5-12)15(18)19/h4-7H,3,8-11H2,1-2H3,(H,18,19). The third kappa shape index (κ3) is 5.53. The molecule has 0 aliphatic rings. The second-order valence-electron chi connectivity index (χ2n) is 4.51. The van der Waals surface area contributed by atoms with Gasteiger partial charge in [0.25, 0.3) is 5.91 Å². The molecular formula is C15H21NO5. The van der Waals surface area contributed by atoms with E-state index in [-0.39, 0.29) is 11.5 Å². The summed E-state index contributed by atoms with van der Waals surface area (Å²) in [6.07, 6.45) is 0.735. The molecule has 1 aromatic carbocycles. The Kier molecular flexibility index (Phi) is 7.42. The fourth-order valence-corrected chi connectivity index (χ4v) is 1.85. The quantitative estimate of drug-likeness (QED) is 0.699. The summed E-state index contributed by atoms with van der Waals surface area (Å²) in [4.78, 5) is 24.9. The third-order valence-corrected chi connectivity index (χ3v) is 3.01. The molecule has 0 aromatic heterocycles. The molecule has 1 amide bonds. The van der Waals surface area contributed by atoms with Crippen LogP contribution in [0, 0.1) is 0 Å². The summed E-state index contributed by atoms with van der Waals surface area (Å²) in [7, 11) is 3.20. The van der Waals surface area contributed by atoms with Gasteiger partial charge >= 0.3 is 5.97 Å².